The van der Waals surface area contributed by atoms with E-state index in [1.165, 1.54) is 44.9 Å². The van der Waals surface area contributed by atoms with Gasteiger partial charge in [0.2, 0.25) is 0 Å². The highest BCUT2D eigenvalue weighted by atomic mass is 32.2. The second-order valence-corrected chi connectivity index (χ2v) is 11.4. The standard InChI is InChI=1S/C25H49O8PS/c1-3-5-7-9-11-13-15-17-24(27)33-23(21-32-34(29,30)31-20-19-26)22-35-25(28)18-16-14-12-10-8-6-4-2/h23,26H,3-22H2,1-2H3,(H,29,30). The second-order valence-electron chi connectivity index (χ2n) is 8.86. The predicted molar refractivity (Wildman–Crippen MR) is 141 cm³/mol. The monoisotopic (exact) mass is 540 g/mol. The van der Waals surface area contributed by atoms with Crippen LogP contribution in [-0.2, 0) is 27.9 Å². The molecule has 35 heavy (non-hydrogen) atoms. The minimum absolute atomic E-state index is 0.00963. The Morgan fingerprint density at radius 3 is 1.86 bits per heavy atom. The van der Waals surface area contributed by atoms with Gasteiger partial charge in [0.25, 0.3) is 0 Å². The van der Waals surface area contributed by atoms with Gasteiger partial charge in [0.1, 0.15) is 6.10 Å². The van der Waals surface area contributed by atoms with Crippen molar-refractivity contribution in [1.82, 2.24) is 0 Å². The van der Waals surface area contributed by atoms with Gasteiger partial charge in [0.05, 0.1) is 19.8 Å². The molecule has 10 heteroatoms. The average molecular weight is 541 g/mol. The molecule has 0 aliphatic heterocycles. The Morgan fingerprint density at radius 1 is 0.800 bits per heavy atom. The van der Waals surface area contributed by atoms with Gasteiger partial charge in [-0.1, -0.05) is 103 Å². The van der Waals surface area contributed by atoms with Crippen molar-refractivity contribution in [3.63, 3.8) is 0 Å². The van der Waals surface area contributed by atoms with Crippen molar-refractivity contribution in [1.29, 1.82) is 0 Å². The van der Waals surface area contributed by atoms with Crippen molar-refractivity contribution in [2.75, 3.05) is 25.6 Å². The number of ether oxygens (including phenoxy) is 1. The number of unbranched alkanes of at least 4 members (excludes halogenated alkanes) is 12. The normalized spacial score (nSPS) is 13.9. The van der Waals surface area contributed by atoms with Crippen LogP contribution in [0.4, 0.5) is 0 Å². The fourth-order valence-corrected chi connectivity index (χ4v) is 5.01. The van der Waals surface area contributed by atoms with E-state index >= 15 is 0 Å². The molecule has 0 heterocycles. The number of thioether (sulfide) groups is 1. The lowest BCUT2D eigenvalue weighted by Crippen LogP contribution is -2.26. The summed E-state index contributed by atoms with van der Waals surface area (Å²) in [6, 6.07) is 0. The second kappa shape index (κ2) is 23.9. The Labute approximate surface area is 216 Å². The van der Waals surface area contributed by atoms with Crippen molar-refractivity contribution in [2.24, 2.45) is 0 Å². The molecule has 0 aliphatic carbocycles. The smallest absolute Gasteiger partial charge is 0.459 e. The first-order valence-electron chi connectivity index (χ1n) is 13.4. The zero-order chi connectivity index (χ0) is 26.2. The first-order valence-corrected chi connectivity index (χ1v) is 15.9. The van der Waals surface area contributed by atoms with Gasteiger partial charge in [-0.15, -0.1) is 0 Å². The first kappa shape index (κ1) is 34.6. The largest absolute Gasteiger partial charge is 0.472 e. The van der Waals surface area contributed by atoms with E-state index in [2.05, 4.69) is 18.4 Å². The van der Waals surface area contributed by atoms with E-state index in [-0.39, 0.29) is 30.5 Å². The molecule has 2 N–H and O–H groups in total. The number of hydrogen-bond acceptors (Lipinski definition) is 8. The summed E-state index contributed by atoms with van der Waals surface area (Å²) in [6.45, 7) is 3.23. The highest BCUT2D eigenvalue weighted by Crippen LogP contribution is 2.43. The summed E-state index contributed by atoms with van der Waals surface area (Å²) in [5.41, 5.74) is 0. The molecular weight excluding hydrogens is 491 g/mol. The van der Waals surface area contributed by atoms with E-state index in [1.807, 2.05) is 0 Å². The fraction of sp³-hybridized carbons (Fsp3) is 0.920. The zero-order valence-electron chi connectivity index (χ0n) is 21.9. The van der Waals surface area contributed by atoms with Gasteiger partial charge in [0, 0.05) is 18.6 Å². The number of rotatable bonds is 25. The number of esters is 1. The van der Waals surface area contributed by atoms with Crippen molar-refractivity contribution in [2.45, 2.75) is 123 Å². The first-order chi connectivity index (χ1) is 16.8. The third kappa shape index (κ3) is 23.7. The van der Waals surface area contributed by atoms with Crippen LogP contribution in [0.3, 0.4) is 0 Å². The molecule has 0 aromatic rings. The molecular formula is C25H49O8PS. The van der Waals surface area contributed by atoms with Crippen molar-refractivity contribution in [3.8, 4) is 0 Å². The van der Waals surface area contributed by atoms with Gasteiger partial charge in [-0.25, -0.2) is 4.57 Å². The Kier molecular flexibility index (Phi) is 23.6. The van der Waals surface area contributed by atoms with Crippen molar-refractivity contribution < 1.29 is 37.9 Å². The van der Waals surface area contributed by atoms with E-state index in [9.17, 15) is 19.0 Å². The van der Waals surface area contributed by atoms with Crippen LogP contribution in [0.1, 0.15) is 117 Å². The van der Waals surface area contributed by atoms with Gasteiger partial charge >= 0.3 is 13.8 Å². The maximum atomic E-state index is 12.3. The summed E-state index contributed by atoms with van der Waals surface area (Å²) >= 11 is 1.06. The third-order valence-electron chi connectivity index (χ3n) is 5.47. The van der Waals surface area contributed by atoms with E-state index in [4.69, 9.17) is 14.4 Å². The molecule has 0 aliphatic rings. The molecule has 2 atom stereocenters. The molecule has 0 amide bonds. The van der Waals surface area contributed by atoms with Crippen LogP contribution < -0.4 is 0 Å². The molecule has 0 aromatic heterocycles. The zero-order valence-corrected chi connectivity index (χ0v) is 23.6. The maximum absolute atomic E-state index is 12.3. The molecule has 0 aromatic carbocycles. The molecule has 0 fully saturated rings. The number of hydrogen-bond donors (Lipinski definition) is 2. The minimum atomic E-state index is -4.37. The van der Waals surface area contributed by atoms with Gasteiger partial charge in [-0.3, -0.25) is 18.6 Å². The lowest BCUT2D eigenvalue weighted by Gasteiger charge is -2.19. The number of phosphoric ester groups is 1. The van der Waals surface area contributed by atoms with Crippen molar-refractivity contribution in [3.05, 3.63) is 0 Å². The average Bonchev–Trinajstić information content (AvgIpc) is 2.83. The Morgan fingerprint density at radius 2 is 1.31 bits per heavy atom. The van der Waals surface area contributed by atoms with Crippen LogP contribution in [-0.4, -0.2) is 52.8 Å². The third-order valence-corrected chi connectivity index (χ3v) is 7.52. The van der Waals surface area contributed by atoms with Gasteiger partial charge in [-0.2, -0.15) is 0 Å². The predicted octanol–water partition coefficient (Wildman–Crippen LogP) is 6.57. The van der Waals surface area contributed by atoms with Crippen LogP contribution in [0.15, 0.2) is 0 Å². The van der Waals surface area contributed by atoms with Crippen LogP contribution in [0.2, 0.25) is 0 Å². The summed E-state index contributed by atoms with van der Waals surface area (Å²) in [6.07, 6.45) is 15.3. The number of aliphatic hydroxyl groups is 1. The lowest BCUT2D eigenvalue weighted by molar-refractivity contribution is -0.149. The van der Waals surface area contributed by atoms with E-state index < -0.39 is 26.5 Å². The van der Waals surface area contributed by atoms with E-state index in [0.717, 1.165) is 56.7 Å². The van der Waals surface area contributed by atoms with E-state index in [0.29, 0.717) is 6.42 Å². The molecule has 0 rings (SSSR count). The van der Waals surface area contributed by atoms with Crippen molar-refractivity contribution >= 4 is 30.7 Å². The Hall–Kier alpha value is -0.440. The summed E-state index contributed by atoms with van der Waals surface area (Å²) in [5, 5.41) is 8.76. The lowest BCUT2D eigenvalue weighted by atomic mass is 10.1. The Balaban J connectivity index is 4.41. The molecule has 0 spiro atoms. The molecule has 0 saturated carbocycles. The molecule has 208 valence electrons. The quantitative estimate of drug-likeness (QED) is 0.0753. The van der Waals surface area contributed by atoms with Crippen LogP contribution in [0, 0.1) is 0 Å². The number of carbonyl (C=O) groups is 2. The maximum Gasteiger partial charge on any atom is 0.472 e. The number of aliphatic hydroxyl groups excluding tert-OH is 1. The Bertz CT molecular complexity index is 576. The minimum Gasteiger partial charge on any atom is -0.459 e. The molecule has 0 bridgehead atoms. The highest BCUT2D eigenvalue weighted by molar-refractivity contribution is 8.13. The summed E-state index contributed by atoms with van der Waals surface area (Å²) in [4.78, 5) is 34.2. The van der Waals surface area contributed by atoms with Gasteiger partial charge in [-0.05, 0) is 12.8 Å². The highest BCUT2D eigenvalue weighted by Gasteiger charge is 2.25. The fourth-order valence-electron chi connectivity index (χ4n) is 3.44. The SMILES string of the molecule is CCCCCCCCCC(=O)OC(COP(=O)(O)OCCO)CSC(=O)CCCCCCCCC. The van der Waals surface area contributed by atoms with Crippen LogP contribution in [0.5, 0.6) is 0 Å². The van der Waals surface area contributed by atoms with Gasteiger partial charge in [0.15, 0.2) is 5.12 Å². The molecule has 2 unspecified atom stereocenters. The van der Waals surface area contributed by atoms with Crippen LogP contribution in [0.25, 0.3) is 0 Å². The topological polar surface area (TPSA) is 119 Å². The van der Waals surface area contributed by atoms with E-state index in [1.54, 1.807) is 0 Å². The summed E-state index contributed by atoms with van der Waals surface area (Å²) in [5.74, 6) is -0.255. The molecule has 8 nitrogen and oxygen atoms in total. The summed E-state index contributed by atoms with van der Waals surface area (Å²) < 4.78 is 26.9. The number of phosphoric acid groups is 1. The number of carbonyl (C=O) groups excluding carboxylic acids is 2. The summed E-state index contributed by atoms with van der Waals surface area (Å²) in [7, 11) is -4.37. The van der Waals surface area contributed by atoms with Gasteiger partial charge < -0.3 is 14.7 Å². The van der Waals surface area contributed by atoms with Crippen LogP contribution >= 0.6 is 19.6 Å². The molecule has 0 saturated heterocycles. The molecule has 0 radical (unpaired) electrons.